The van der Waals surface area contributed by atoms with Crippen LogP contribution >= 0.6 is 0 Å². The highest BCUT2D eigenvalue weighted by Crippen LogP contribution is 2.40. The highest BCUT2D eigenvalue weighted by atomic mass is 16.6. The van der Waals surface area contributed by atoms with Crippen LogP contribution in [0.25, 0.3) is 0 Å². The average molecular weight is 230 g/mol. The molecule has 2 nitrogen and oxygen atoms in total. The molecule has 0 aliphatic carbocycles. The molecule has 1 saturated heterocycles. The van der Waals surface area contributed by atoms with Crippen LogP contribution in [0.2, 0.25) is 0 Å². The first-order valence-corrected chi connectivity index (χ1v) is 6.18. The van der Waals surface area contributed by atoms with Gasteiger partial charge in [0.2, 0.25) is 0 Å². The second-order valence-electron chi connectivity index (χ2n) is 4.51. The zero-order chi connectivity index (χ0) is 12.3. The maximum Gasteiger partial charge on any atom is 0.334 e. The van der Waals surface area contributed by atoms with Crippen LogP contribution in [0.15, 0.2) is 42.5 Å². The van der Waals surface area contributed by atoms with Gasteiger partial charge in [0.25, 0.3) is 0 Å². The molecule has 2 rings (SSSR count). The number of benzene rings is 1. The van der Waals surface area contributed by atoms with E-state index in [-0.39, 0.29) is 18.0 Å². The molecule has 0 N–H and O–H groups in total. The van der Waals surface area contributed by atoms with Crippen LogP contribution in [0.4, 0.5) is 0 Å². The maximum absolute atomic E-state index is 11.6. The molecule has 0 spiro atoms. The first-order chi connectivity index (χ1) is 8.24. The second-order valence-corrected chi connectivity index (χ2v) is 4.51. The molecule has 0 unspecified atom stereocenters. The molecule has 2 heteroatoms. The topological polar surface area (TPSA) is 26.3 Å². The van der Waals surface area contributed by atoms with Crippen LogP contribution in [0.1, 0.15) is 37.9 Å². The quantitative estimate of drug-likeness (QED) is 0.583. The van der Waals surface area contributed by atoms with Gasteiger partial charge in [-0.2, -0.15) is 0 Å². The summed E-state index contributed by atoms with van der Waals surface area (Å²) in [5.41, 5.74) is 1.70. The first-order valence-electron chi connectivity index (χ1n) is 6.18. The Morgan fingerprint density at radius 2 is 2.00 bits per heavy atom. The Morgan fingerprint density at radius 3 is 2.65 bits per heavy atom. The van der Waals surface area contributed by atoms with Crippen LogP contribution in [0.5, 0.6) is 0 Å². The molecule has 0 aromatic heterocycles. The van der Waals surface area contributed by atoms with E-state index in [2.05, 4.69) is 13.5 Å². The molecular formula is C15H18O2. The molecule has 1 aromatic rings. The number of carbonyl (C=O) groups is 1. The van der Waals surface area contributed by atoms with Gasteiger partial charge in [-0.3, -0.25) is 0 Å². The molecule has 1 aliphatic heterocycles. The number of esters is 1. The zero-order valence-electron chi connectivity index (χ0n) is 10.2. The summed E-state index contributed by atoms with van der Waals surface area (Å²) in [4.78, 5) is 11.6. The summed E-state index contributed by atoms with van der Waals surface area (Å²) in [5.74, 6) is -0.0928. The third-order valence-electron chi connectivity index (χ3n) is 3.31. The number of rotatable bonds is 4. The summed E-state index contributed by atoms with van der Waals surface area (Å²) in [6.07, 6.45) is 3.06. The predicted molar refractivity (Wildman–Crippen MR) is 67.4 cm³/mol. The summed E-state index contributed by atoms with van der Waals surface area (Å²) in [6.45, 7) is 6.02. The van der Waals surface area contributed by atoms with Gasteiger partial charge in [-0.05, 0) is 12.0 Å². The summed E-state index contributed by atoms with van der Waals surface area (Å²) in [7, 11) is 0. The van der Waals surface area contributed by atoms with Crippen LogP contribution in [-0.4, -0.2) is 5.97 Å². The van der Waals surface area contributed by atoms with E-state index in [1.54, 1.807) is 0 Å². The van der Waals surface area contributed by atoms with Gasteiger partial charge in [0.1, 0.15) is 6.10 Å². The van der Waals surface area contributed by atoms with Crippen LogP contribution in [0, 0.1) is 5.92 Å². The lowest BCUT2D eigenvalue weighted by atomic mass is 9.88. The van der Waals surface area contributed by atoms with E-state index in [0.29, 0.717) is 5.57 Å². The van der Waals surface area contributed by atoms with Gasteiger partial charge in [-0.15, -0.1) is 0 Å². The Balaban J connectivity index is 2.20. The molecule has 0 saturated carbocycles. The SMILES string of the molecule is C=C1C(=O)O[C@@H](c2ccccc2)[C@H]1CCCC. The molecule has 1 aromatic carbocycles. The minimum absolute atomic E-state index is 0.136. The van der Waals surface area contributed by atoms with Crippen molar-refractivity contribution < 1.29 is 9.53 Å². The Kier molecular flexibility index (Phi) is 3.62. The van der Waals surface area contributed by atoms with E-state index >= 15 is 0 Å². The van der Waals surface area contributed by atoms with Crippen molar-refractivity contribution in [2.75, 3.05) is 0 Å². The van der Waals surface area contributed by atoms with Gasteiger partial charge in [-0.25, -0.2) is 4.79 Å². The van der Waals surface area contributed by atoms with E-state index in [1.807, 2.05) is 30.3 Å². The molecule has 17 heavy (non-hydrogen) atoms. The summed E-state index contributed by atoms with van der Waals surface area (Å²) >= 11 is 0. The zero-order valence-corrected chi connectivity index (χ0v) is 10.2. The van der Waals surface area contributed by atoms with Gasteiger partial charge >= 0.3 is 5.97 Å². The average Bonchev–Trinajstić information content (AvgIpc) is 2.65. The number of ether oxygens (including phenoxy) is 1. The number of hydrogen-bond donors (Lipinski definition) is 0. The summed E-state index contributed by atoms with van der Waals surface area (Å²) in [5, 5.41) is 0. The van der Waals surface area contributed by atoms with Gasteiger partial charge in [-0.1, -0.05) is 56.7 Å². The molecule has 0 bridgehead atoms. The Labute approximate surface area is 102 Å². The van der Waals surface area contributed by atoms with E-state index in [0.717, 1.165) is 24.8 Å². The highest BCUT2D eigenvalue weighted by molar-refractivity contribution is 5.90. The van der Waals surface area contributed by atoms with Crippen LogP contribution in [-0.2, 0) is 9.53 Å². The van der Waals surface area contributed by atoms with Gasteiger partial charge < -0.3 is 4.74 Å². The van der Waals surface area contributed by atoms with E-state index < -0.39 is 0 Å². The predicted octanol–water partition coefficient (Wildman–Crippen LogP) is 3.65. The van der Waals surface area contributed by atoms with Gasteiger partial charge in [0.15, 0.2) is 0 Å². The highest BCUT2D eigenvalue weighted by Gasteiger charge is 2.38. The van der Waals surface area contributed by atoms with Gasteiger partial charge in [0.05, 0.1) is 0 Å². The fourth-order valence-electron chi connectivity index (χ4n) is 2.30. The van der Waals surface area contributed by atoms with Crippen molar-refractivity contribution in [1.29, 1.82) is 0 Å². The summed E-state index contributed by atoms with van der Waals surface area (Å²) < 4.78 is 5.43. The summed E-state index contributed by atoms with van der Waals surface area (Å²) in [6, 6.07) is 9.93. The molecule has 1 aliphatic rings. The minimum Gasteiger partial charge on any atom is -0.453 e. The first kappa shape index (κ1) is 11.9. The van der Waals surface area contributed by atoms with Crippen molar-refractivity contribution in [3.05, 3.63) is 48.0 Å². The van der Waals surface area contributed by atoms with Crippen molar-refractivity contribution in [2.24, 2.45) is 5.92 Å². The van der Waals surface area contributed by atoms with Crippen molar-refractivity contribution in [3.8, 4) is 0 Å². The van der Waals surface area contributed by atoms with E-state index in [9.17, 15) is 4.79 Å². The molecular weight excluding hydrogens is 212 g/mol. The fourth-order valence-corrected chi connectivity index (χ4v) is 2.30. The van der Waals surface area contributed by atoms with Crippen molar-refractivity contribution >= 4 is 5.97 Å². The normalized spacial score (nSPS) is 23.8. The largest absolute Gasteiger partial charge is 0.453 e. The van der Waals surface area contributed by atoms with E-state index in [1.165, 1.54) is 0 Å². The van der Waals surface area contributed by atoms with E-state index in [4.69, 9.17) is 4.74 Å². The number of unbranched alkanes of at least 4 members (excludes halogenated alkanes) is 1. The molecule has 90 valence electrons. The Bertz CT molecular complexity index is 408. The molecule has 0 radical (unpaired) electrons. The maximum atomic E-state index is 11.6. The standard InChI is InChI=1S/C15H18O2/c1-3-4-10-13-11(2)15(16)17-14(13)12-8-6-5-7-9-12/h5-9,13-14H,2-4,10H2,1H3/t13-,14-/m0/s1. The number of cyclic esters (lactones) is 1. The lowest BCUT2D eigenvalue weighted by Gasteiger charge is -2.17. The van der Waals surface area contributed by atoms with Crippen LogP contribution in [0.3, 0.4) is 0 Å². The van der Waals surface area contributed by atoms with Gasteiger partial charge in [0, 0.05) is 11.5 Å². The van der Waals surface area contributed by atoms with Crippen molar-refractivity contribution in [3.63, 3.8) is 0 Å². The molecule has 2 atom stereocenters. The minimum atomic E-state index is -0.236. The Hall–Kier alpha value is -1.57. The van der Waals surface area contributed by atoms with Crippen molar-refractivity contribution in [2.45, 2.75) is 32.3 Å². The molecule has 0 amide bonds. The monoisotopic (exact) mass is 230 g/mol. The van der Waals surface area contributed by atoms with Crippen LogP contribution < -0.4 is 0 Å². The molecule has 1 heterocycles. The second kappa shape index (κ2) is 5.17. The fraction of sp³-hybridized carbons (Fsp3) is 0.400. The van der Waals surface area contributed by atoms with Crippen molar-refractivity contribution in [1.82, 2.24) is 0 Å². The smallest absolute Gasteiger partial charge is 0.334 e. The number of hydrogen-bond acceptors (Lipinski definition) is 2. The lowest BCUT2D eigenvalue weighted by Crippen LogP contribution is -2.08. The third kappa shape index (κ3) is 2.41. The Morgan fingerprint density at radius 1 is 1.29 bits per heavy atom. The lowest BCUT2D eigenvalue weighted by molar-refractivity contribution is -0.139. The molecule has 1 fully saturated rings. The number of carbonyl (C=O) groups excluding carboxylic acids is 1. The third-order valence-corrected chi connectivity index (χ3v) is 3.31.